The van der Waals surface area contributed by atoms with Crippen LogP contribution in [-0.2, 0) is 0 Å². The molecule has 7 nitrogen and oxygen atoms in total. The maximum Gasteiger partial charge on any atom is 0.254 e. The summed E-state index contributed by atoms with van der Waals surface area (Å²) in [4.78, 5) is 23.3. The summed E-state index contributed by atoms with van der Waals surface area (Å²) in [6.07, 6.45) is 3.49. The number of likely N-dealkylation sites (tertiary alicyclic amines) is 1. The monoisotopic (exact) mass is 344 g/mol. The predicted molar refractivity (Wildman–Crippen MR) is 91.7 cm³/mol. The highest BCUT2D eigenvalue weighted by molar-refractivity contribution is 5.94. The third kappa shape index (κ3) is 3.97. The molecule has 1 aliphatic heterocycles. The third-order valence-corrected chi connectivity index (χ3v) is 4.30. The predicted octanol–water partition coefficient (Wildman–Crippen LogP) is 3.01. The van der Waals surface area contributed by atoms with E-state index in [9.17, 15) is 4.79 Å². The molecule has 0 spiro atoms. The van der Waals surface area contributed by atoms with Crippen LogP contribution in [0.3, 0.4) is 0 Å². The van der Waals surface area contributed by atoms with Crippen LogP contribution in [0.1, 0.15) is 67.5 Å². The topological polar surface area (TPSA) is 81.4 Å². The Morgan fingerprint density at radius 1 is 1.48 bits per heavy atom. The van der Waals surface area contributed by atoms with Gasteiger partial charge in [0, 0.05) is 42.8 Å². The number of hydrogen-bond donors (Lipinski definition) is 0. The van der Waals surface area contributed by atoms with E-state index in [4.69, 9.17) is 9.26 Å². The second kappa shape index (κ2) is 7.63. The van der Waals surface area contributed by atoms with Gasteiger partial charge in [0.05, 0.1) is 6.61 Å². The number of hydrogen-bond acceptors (Lipinski definition) is 6. The van der Waals surface area contributed by atoms with Crippen molar-refractivity contribution in [1.82, 2.24) is 20.0 Å². The molecule has 0 bridgehead atoms. The zero-order valence-electron chi connectivity index (χ0n) is 14.9. The molecule has 0 saturated carbocycles. The zero-order chi connectivity index (χ0) is 17.8. The summed E-state index contributed by atoms with van der Waals surface area (Å²) >= 11 is 0. The van der Waals surface area contributed by atoms with Gasteiger partial charge in [-0.1, -0.05) is 19.0 Å². The Hall–Kier alpha value is -2.44. The van der Waals surface area contributed by atoms with Crippen LogP contribution in [0.15, 0.2) is 22.9 Å². The van der Waals surface area contributed by atoms with Crippen LogP contribution in [0.2, 0.25) is 0 Å². The summed E-state index contributed by atoms with van der Waals surface area (Å²) in [6.45, 7) is 7.79. The molecule has 3 heterocycles. The van der Waals surface area contributed by atoms with Crippen LogP contribution in [0.4, 0.5) is 0 Å². The highest BCUT2D eigenvalue weighted by Gasteiger charge is 2.29. The van der Waals surface area contributed by atoms with Crippen LogP contribution in [0.5, 0.6) is 5.88 Å². The van der Waals surface area contributed by atoms with Crippen molar-refractivity contribution < 1.29 is 14.1 Å². The average molecular weight is 344 g/mol. The maximum atomic E-state index is 12.8. The molecule has 2 aromatic heterocycles. The van der Waals surface area contributed by atoms with E-state index in [1.165, 1.54) is 0 Å². The van der Waals surface area contributed by atoms with Crippen LogP contribution < -0.4 is 4.74 Å². The first-order chi connectivity index (χ1) is 12.1. The molecule has 3 rings (SSSR count). The van der Waals surface area contributed by atoms with Gasteiger partial charge in [0.1, 0.15) is 0 Å². The van der Waals surface area contributed by atoms with Crippen LogP contribution in [-0.4, -0.2) is 45.6 Å². The minimum Gasteiger partial charge on any atom is -0.478 e. The number of piperidine rings is 1. The summed E-state index contributed by atoms with van der Waals surface area (Å²) < 4.78 is 10.7. The van der Waals surface area contributed by atoms with Gasteiger partial charge >= 0.3 is 0 Å². The molecule has 0 aromatic carbocycles. The minimum absolute atomic E-state index is 0.0133. The Balaban J connectivity index is 1.72. The van der Waals surface area contributed by atoms with Crippen molar-refractivity contribution in [1.29, 1.82) is 0 Å². The third-order valence-electron chi connectivity index (χ3n) is 4.30. The summed E-state index contributed by atoms with van der Waals surface area (Å²) in [5.74, 6) is 2.13. The van der Waals surface area contributed by atoms with Gasteiger partial charge in [-0.05, 0) is 25.8 Å². The molecule has 25 heavy (non-hydrogen) atoms. The second-order valence-electron chi connectivity index (χ2n) is 6.55. The van der Waals surface area contributed by atoms with Gasteiger partial charge in [-0.15, -0.1) is 0 Å². The molecular formula is C18H24N4O3. The molecule has 0 aliphatic carbocycles. The van der Waals surface area contributed by atoms with Crippen molar-refractivity contribution in [2.45, 2.75) is 45.4 Å². The van der Waals surface area contributed by atoms with E-state index in [-0.39, 0.29) is 17.7 Å². The van der Waals surface area contributed by atoms with Crippen molar-refractivity contribution in [2.75, 3.05) is 19.7 Å². The smallest absolute Gasteiger partial charge is 0.254 e. The molecule has 1 atom stereocenters. The van der Waals surface area contributed by atoms with E-state index >= 15 is 0 Å². The van der Waals surface area contributed by atoms with Gasteiger partial charge in [-0.2, -0.15) is 4.98 Å². The van der Waals surface area contributed by atoms with E-state index in [2.05, 4.69) is 15.1 Å². The van der Waals surface area contributed by atoms with Crippen LogP contribution in [0, 0.1) is 0 Å². The molecule has 0 N–H and O–H groups in total. The fourth-order valence-corrected chi connectivity index (χ4v) is 2.97. The highest BCUT2D eigenvalue weighted by atomic mass is 16.5. The van der Waals surface area contributed by atoms with E-state index in [0.29, 0.717) is 36.3 Å². The molecular weight excluding hydrogens is 320 g/mol. The van der Waals surface area contributed by atoms with Crippen LogP contribution >= 0.6 is 0 Å². The van der Waals surface area contributed by atoms with Crippen LogP contribution in [0.25, 0.3) is 0 Å². The lowest BCUT2D eigenvalue weighted by molar-refractivity contribution is 0.0703. The first kappa shape index (κ1) is 17.4. The molecule has 0 radical (unpaired) electrons. The fourth-order valence-electron chi connectivity index (χ4n) is 2.97. The van der Waals surface area contributed by atoms with Gasteiger partial charge in [-0.25, -0.2) is 4.98 Å². The zero-order valence-corrected chi connectivity index (χ0v) is 14.9. The van der Waals surface area contributed by atoms with Gasteiger partial charge in [0.25, 0.3) is 5.91 Å². The van der Waals surface area contributed by atoms with Crippen molar-refractivity contribution in [3.63, 3.8) is 0 Å². The van der Waals surface area contributed by atoms with Crippen molar-refractivity contribution >= 4 is 5.91 Å². The van der Waals surface area contributed by atoms with Crippen molar-refractivity contribution in [3.8, 4) is 5.88 Å². The van der Waals surface area contributed by atoms with E-state index in [1.807, 2.05) is 25.7 Å². The molecule has 7 heteroatoms. The summed E-state index contributed by atoms with van der Waals surface area (Å²) in [7, 11) is 0. The Morgan fingerprint density at radius 3 is 3.04 bits per heavy atom. The molecule has 1 fully saturated rings. The fraction of sp³-hybridized carbons (Fsp3) is 0.556. The van der Waals surface area contributed by atoms with Gasteiger partial charge in [0.15, 0.2) is 5.82 Å². The number of nitrogens with zero attached hydrogens (tertiary/aromatic N) is 4. The van der Waals surface area contributed by atoms with E-state index in [0.717, 1.165) is 19.4 Å². The Kier molecular flexibility index (Phi) is 5.31. The lowest BCUT2D eigenvalue weighted by Crippen LogP contribution is -2.39. The maximum absolute atomic E-state index is 12.8. The molecule has 134 valence electrons. The summed E-state index contributed by atoms with van der Waals surface area (Å²) in [6, 6.07) is 3.42. The van der Waals surface area contributed by atoms with E-state index < -0.39 is 0 Å². The SMILES string of the molecule is CCOc1cc(C(=O)N2CCC[C@H](c3noc(C(C)C)n3)C2)ccn1. The number of ether oxygens (including phenoxy) is 1. The minimum atomic E-state index is -0.0133. The van der Waals surface area contributed by atoms with Crippen molar-refractivity contribution in [3.05, 3.63) is 35.6 Å². The summed E-state index contributed by atoms with van der Waals surface area (Å²) in [5, 5.41) is 4.11. The summed E-state index contributed by atoms with van der Waals surface area (Å²) in [5.41, 5.74) is 0.593. The first-order valence-electron chi connectivity index (χ1n) is 8.80. The number of rotatable bonds is 5. The van der Waals surface area contributed by atoms with Gasteiger partial charge < -0.3 is 14.2 Å². The Labute approximate surface area is 147 Å². The molecule has 2 aromatic rings. The lowest BCUT2D eigenvalue weighted by Gasteiger charge is -2.31. The quantitative estimate of drug-likeness (QED) is 0.829. The Bertz CT molecular complexity index is 729. The first-order valence-corrected chi connectivity index (χ1v) is 8.80. The molecule has 1 aliphatic rings. The standard InChI is InChI=1S/C18H24N4O3/c1-4-24-15-10-13(7-8-19-15)18(23)22-9-5-6-14(11-22)16-20-17(12(2)3)25-21-16/h7-8,10,12,14H,4-6,9,11H2,1-3H3/t14-/m0/s1. The number of carbonyl (C=O) groups excluding carboxylic acids is 1. The number of aromatic nitrogens is 3. The van der Waals surface area contributed by atoms with Crippen molar-refractivity contribution in [2.24, 2.45) is 0 Å². The van der Waals surface area contributed by atoms with Gasteiger partial charge in [-0.3, -0.25) is 4.79 Å². The second-order valence-corrected chi connectivity index (χ2v) is 6.55. The average Bonchev–Trinajstić information content (AvgIpc) is 3.12. The normalized spacial score (nSPS) is 17.8. The largest absolute Gasteiger partial charge is 0.478 e. The molecule has 1 amide bonds. The molecule has 0 unspecified atom stereocenters. The number of amides is 1. The lowest BCUT2D eigenvalue weighted by atomic mass is 9.96. The highest BCUT2D eigenvalue weighted by Crippen LogP contribution is 2.27. The van der Waals surface area contributed by atoms with E-state index in [1.54, 1.807) is 18.3 Å². The van der Waals surface area contributed by atoms with Gasteiger partial charge in [0.2, 0.25) is 11.8 Å². The number of pyridine rings is 1. The molecule has 1 saturated heterocycles. The Morgan fingerprint density at radius 2 is 2.32 bits per heavy atom. The number of carbonyl (C=O) groups is 1.